The predicted molar refractivity (Wildman–Crippen MR) is 155 cm³/mol. The number of aliphatic hydroxyl groups excluding tert-OH is 1. The molecule has 1 fully saturated rings. The molecule has 40 heavy (non-hydrogen) atoms. The van der Waals surface area contributed by atoms with Crippen LogP contribution in [0.25, 0.3) is 11.4 Å². The highest BCUT2D eigenvalue weighted by atomic mass is 35.5. The van der Waals surface area contributed by atoms with Crippen LogP contribution in [0.5, 0.6) is 0 Å². The molecule has 13 heteroatoms. The Kier molecular flexibility index (Phi) is 7.05. The van der Waals surface area contributed by atoms with E-state index in [0.29, 0.717) is 42.7 Å². The van der Waals surface area contributed by atoms with Crippen LogP contribution in [-0.4, -0.2) is 41.4 Å². The second-order valence-corrected chi connectivity index (χ2v) is 11.8. The van der Waals surface area contributed by atoms with Crippen molar-refractivity contribution in [2.75, 3.05) is 4.90 Å². The van der Waals surface area contributed by atoms with Crippen molar-refractivity contribution in [2.24, 2.45) is 0 Å². The van der Waals surface area contributed by atoms with Crippen molar-refractivity contribution in [3.63, 3.8) is 0 Å². The molecule has 0 radical (unpaired) electrons. The lowest BCUT2D eigenvalue weighted by Crippen LogP contribution is -2.29. The zero-order valence-electron chi connectivity index (χ0n) is 20.7. The second kappa shape index (κ2) is 10.7. The number of nitrogens with zero attached hydrogens (tertiary/aromatic N) is 6. The molecule has 9 nitrogen and oxygen atoms in total. The highest BCUT2D eigenvalue weighted by Crippen LogP contribution is 2.44. The van der Waals surface area contributed by atoms with Gasteiger partial charge >= 0.3 is 5.91 Å². The molecule has 5 heterocycles. The lowest BCUT2D eigenvalue weighted by atomic mass is 9.97. The Morgan fingerprint density at radius 3 is 2.75 bits per heavy atom. The van der Waals surface area contributed by atoms with E-state index in [4.69, 9.17) is 23.2 Å². The van der Waals surface area contributed by atoms with Gasteiger partial charge in [0.15, 0.2) is 10.1 Å². The Morgan fingerprint density at radius 2 is 1.98 bits per heavy atom. The Hall–Kier alpha value is -3.77. The van der Waals surface area contributed by atoms with Gasteiger partial charge in [0.2, 0.25) is 5.13 Å². The quantitative estimate of drug-likeness (QED) is 0.0806. The lowest BCUT2D eigenvalue weighted by molar-refractivity contribution is -0.132. The minimum Gasteiger partial charge on any atom is -0.505 e. The second-order valence-electron chi connectivity index (χ2n) is 8.81. The van der Waals surface area contributed by atoms with E-state index in [0.717, 1.165) is 16.9 Å². The third kappa shape index (κ3) is 4.64. The Morgan fingerprint density at radius 1 is 1.12 bits per heavy atom. The molecule has 1 amide bonds. The van der Waals surface area contributed by atoms with Crippen molar-refractivity contribution in [3.8, 4) is 0 Å². The fourth-order valence-corrected chi connectivity index (χ4v) is 6.97. The summed E-state index contributed by atoms with van der Waals surface area (Å²) in [5.74, 6) is -1.49. The zero-order valence-corrected chi connectivity index (χ0v) is 23.8. The smallest absolute Gasteiger partial charge is 0.301 e. The summed E-state index contributed by atoms with van der Waals surface area (Å²) in [6, 6.07) is 13.1. The number of benzene rings is 1. The molecule has 1 atom stereocenters. The van der Waals surface area contributed by atoms with Gasteiger partial charge in [-0.3, -0.25) is 23.9 Å². The van der Waals surface area contributed by atoms with Crippen LogP contribution in [0, 0.1) is 6.92 Å². The Labute approximate surface area is 246 Å². The Bertz CT molecular complexity index is 1820. The fourth-order valence-electron chi connectivity index (χ4n) is 4.55. The lowest BCUT2D eigenvalue weighted by Gasteiger charge is -2.22. The molecule has 1 saturated heterocycles. The molecule has 200 valence electrons. The molecule has 6 rings (SSSR count). The first-order valence-corrected chi connectivity index (χ1v) is 14.4. The molecule has 1 aliphatic rings. The molecule has 1 unspecified atom stereocenters. The number of hydrogen-bond donors (Lipinski definition) is 1. The van der Waals surface area contributed by atoms with E-state index in [1.807, 2.05) is 12.1 Å². The number of carbonyl (C=O) groups is 2. The van der Waals surface area contributed by atoms with Gasteiger partial charge in [0.05, 0.1) is 17.3 Å². The van der Waals surface area contributed by atoms with Gasteiger partial charge in [-0.1, -0.05) is 64.5 Å². The fraction of sp³-hybridized carbons (Fsp3) is 0.111. The number of pyridine rings is 2. The molecular weight excluding hydrogens is 591 g/mol. The van der Waals surface area contributed by atoms with Gasteiger partial charge in [-0.15, -0.1) is 10.2 Å². The number of ketones is 1. The van der Waals surface area contributed by atoms with Crippen LogP contribution in [0.15, 0.2) is 77.0 Å². The number of thioether (sulfide) groups is 1. The Balaban J connectivity index is 1.41. The standard InChI is InChI=1S/C27H18Cl2N6O3S2/c1-14-21(34-10-3-2-6-19(34)31-14)23(36)20-22(15-5-4-9-30-12-15)35(25(38)24(20)37)26-32-33-27(40-26)39-13-16-7-8-17(28)11-18(16)29/h2-12,22,36H,13H2,1H3. The highest BCUT2D eigenvalue weighted by Gasteiger charge is 2.49. The summed E-state index contributed by atoms with van der Waals surface area (Å²) in [6.07, 6.45) is 4.88. The van der Waals surface area contributed by atoms with Crippen molar-refractivity contribution in [2.45, 2.75) is 23.1 Å². The van der Waals surface area contributed by atoms with Crippen molar-refractivity contribution in [1.82, 2.24) is 24.6 Å². The van der Waals surface area contributed by atoms with Crippen LogP contribution >= 0.6 is 46.3 Å². The van der Waals surface area contributed by atoms with Crippen LogP contribution < -0.4 is 4.90 Å². The average molecular weight is 610 g/mol. The number of amides is 1. The van der Waals surface area contributed by atoms with Crippen LogP contribution in [-0.2, 0) is 15.3 Å². The van der Waals surface area contributed by atoms with Crippen molar-refractivity contribution in [3.05, 3.63) is 105 Å². The maximum absolute atomic E-state index is 13.5. The molecule has 5 aromatic rings. The molecule has 1 aliphatic heterocycles. The van der Waals surface area contributed by atoms with Crippen LogP contribution in [0.1, 0.15) is 28.6 Å². The van der Waals surface area contributed by atoms with Gasteiger partial charge in [-0.2, -0.15) is 0 Å². The maximum atomic E-state index is 13.5. The van der Waals surface area contributed by atoms with Crippen molar-refractivity contribution in [1.29, 1.82) is 0 Å². The molecule has 0 spiro atoms. The molecule has 4 aromatic heterocycles. The van der Waals surface area contributed by atoms with Gasteiger partial charge in [-0.05, 0) is 48.4 Å². The number of hydrogen-bond acceptors (Lipinski definition) is 9. The van der Waals surface area contributed by atoms with E-state index >= 15 is 0 Å². The first-order valence-electron chi connectivity index (χ1n) is 11.9. The van der Waals surface area contributed by atoms with E-state index in [1.165, 1.54) is 16.7 Å². The van der Waals surface area contributed by atoms with Crippen LogP contribution in [0.4, 0.5) is 5.13 Å². The third-order valence-corrected chi connectivity index (χ3v) is 9.03. The third-order valence-electron chi connectivity index (χ3n) is 6.34. The predicted octanol–water partition coefficient (Wildman–Crippen LogP) is 6.11. The summed E-state index contributed by atoms with van der Waals surface area (Å²) in [4.78, 5) is 36.9. The van der Waals surface area contributed by atoms with Gasteiger partial charge in [0.1, 0.15) is 11.3 Å². The highest BCUT2D eigenvalue weighted by molar-refractivity contribution is 8.00. The summed E-state index contributed by atoms with van der Waals surface area (Å²) >= 11 is 14.8. The summed E-state index contributed by atoms with van der Waals surface area (Å²) in [5.41, 5.74) is 2.76. The summed E-state index contributed by atoms with van der Waals surface area (Å²) in [6.45, 7) is 1.73. The number of anilines is 1. The number of aliphatic hydroxyl groups is 1. The normalized spacial score (nSPS) is 16.8. The molecule has 0 saturated carbocycles. The monoisotopic (exact) mass is 608 g/mol. The van der Waals surface area contributed by atoms with E-state index in [1.54, 1.807) is 66.3 Å². The van der Waals surface area contributed by atoms with Crippen LogP contribution in [0.2, 0.25) is 10.0 Å². The minimum atomic E-state index is -0.973. The SMILES string of the molecule is Cc1nc2ccccn2c1C(O)=C1C(=O)C(=O)N(c2nnc(SCc3ccc(Cl)cc3Cl)s2)C1c1cccnc1. The van der Waals surface area contributed by atoms with Crippen molar-refractivity contribution >= 4 is 74.5 Å². The van der Waals surface area contributed by atoms with Gasteiger partial charge in [0.25, 0.3) is 5.78 Å². The number of Topliss-reactive ketones (excluding diaryl/α,β-unsaturated/α-hetero) is 1. The van der Waals surface area contributed by atoms with E-state index in [-0.39, 0.29) is 16.5 Å². The number of fused-ring (bicyclic) bond motifs is 1. The summed E-state index contributed by atoms with van der Waals surface area (Å²) in [5, 5.41) is 21.3. The first-order chi connectivity index (χ1) is 19.3. The number of imidazole rings is 1. The average Bonchev–Trinajstić information content (AvgIpc) is 3.62. The van der Waals surface area contributed by atoms with E-state index in [9.17, 15) is 14.7 Å². The van der Waals surface area contributed by atoms with Gasteiger partial charge in [-0.25, -0.2) is 4.98 Å². The number of rotatable bonds is 6. The van der Waals surface area contributed by atoms with Gasteiger partial charge < -0.3 is 5.11 Å². The molecular formula is C27H18Cl2N6O3S2. The number of aromatic nitrogens is 5. The van der Waals surface area contributed by atoms with E-state index in [2.05, 4.69) is 20.2 Å². The van der Waals surface area contributed by atoms with E-state index < -0.39 is 17.7 Å². The van der Waals surface area contributed by atoms with Crippen LogP contribution in [0.3, 0.4) is 0 Å². The molecule has 0 aliphatic carbocycles. The van der Waals surface area contributed by atoms with Gasteiger partial charge in [0, 0.05) is 34.4 Å². The molecule has 1 N–H and O–H groups in total. The number of carbonyl (C=O) groups excluding carboxylic acids is 2. The topological polar surface area (TPSA) is 114 Å². The summed E-state index contributed by atoms with van der Waals surface area (Å²) in [7, 11) is 0. The van der Waals surface area contributed by atoms with Crippen molar-refractivity contribution < 1.29 is 14.7 Å². The largest absolute Gasteiger partial charge is 0.505 e. The minimum absolute atomic E-state index is 0.0795. The number of halogens is 2. The maximum Gasteiger partial charge on any atom is 0.301 e. The first kappa shape index (κ1) is 26.5. The molecule has 1 aromatic carbocycles. The zero-order chi connectivity index (χ0) is 28.0. The number of aryl methyl sites for hydroxylation is 1. The summed E-state index contributed by atoms with van der Waals surface area (Å²) < 4.78 is 2.26. The molecule has 0 bridgehead atoms.